The minimum atomic E-state index is -1.22. The average Bonchev–Trinajstić information content (AvgIpc) is 3.26. The van der Waals surface area contributed by atoms with Crippen molar-refractivity contribution in [2.75, 3.05) is 24.3 Å². The molecule has 1 saturated heterocycles. The Morgan fingerprint density at radius 2 is 2.26 bits per heavy atom. The Balaban J connectivity index is 1.49. The van der Waals surface area contributed by atoms with Gasteiger partial charge < -0.3 is 26.7 Å². The molecule has 1 unspecified atom stereocenters. The van der Waals surface area contributed by atoms with Crippen molar-refractivity contribution in [3.8, 4) is 0 Å². The summed E-state index contributed by atoms with van der Waals surface area (Å²) >= 11 is 2.48. The number of amides is 2. The highest BCUT2D eigenvalue weighted by Crippen LogP contribution is 2.40. The van der Waals surface area contributed by atoms with Crippen LogP contribution in [0.15, 0.2) is 58.5 Å². The van der Waals surface area contributed by atoms with Crippen molar-refractivity contribution in [1.82, 2.24) is 15.2 Å². The molecule has 14 heteroatoms. The average molecular weight is 517 g/mol. The predicted octanol–water partition coefficient (Wildman–Crippen LogP) is -0.0595. The number of thioether (sulfide) groups is 1. The lowest BCUT2D eigenvalue weighted by Gasteiger charge is -2.49. The number of thiazole rings is 1. The second-order valence-electron chi connectivity index (χ2n) is 7.47. The van der Waals surface area contributed by atoms with Gasteiger partial charge in [-0.05, 0) is 17.7 Å². The number of nitrogens with one attached hydrogen (secondary N) is 1. The quantitative estimate of drug-likeness (QED) is 0.162. The van der Waals surface area contributed by atoms with Gasteiger partial charge in [0.15, 0.2) is 29.8 Å². The van der Waals surface area contributed by atoms with E-state index < -0.39 is 29.2 Å². The van der Waals surface area contributed by atoms with Crippen LogP contribution in [0.2, 0.25) is 0 Å². The molecule has 4 heterocycles. The minimum Gasteiger partial charge on any atom is -0.477 e. The third kappa shape index (κ3) is 4.97. The molecule has 2 aromatic rings. The first-order chi connectivity index (χ1) is 16.8. The van der Waals surface area contributed by atoms with Crippen molar-refractivity contribution >= 4 is 57.4 Å². The summed E-state index contributed by atoms with van der Waals surface area (Å²) in [4.78, 5) is 47.7. The number of hydrogen-bond acceptors (Lipinski definition) is 10. The molecule has 2 atom stereocenters. The molecule has 4 rings (SSSR count). The Morgan fingerprint density at radius 1 is 1.46 bits per heavy atom. The first-order valence-electron chi connectivity index (χ1n) is 10.3. The Hall–Kier alpha value is -3.91. The van der Waals surface area contributed by atoms with E-state index in [1.165, 1.54) is 23.8 Å². The van der Waals surface area contributed by atoms with Gasteiger partial charge in [-0.3, -0.25) is 14.5 Å². The molecular weight excluding hydrogens is 494 g/mol. The largest absolute Gasteiger partial charge is 0.477 e. The number of aromatic nitrogens is 2. The number of oxime groups is 1. The van der Waals surface area contributed by atoms with Gasteiger partial charge in [-0.15, -0.1) is 23.1 Å². The fourth-order valence-electron chi connectivity index (χ4n) is 3.65. The second-order valence-corrected chi connectivity index (χ2v) is 9.46. The molecule has 182 valence electrons. The second kappa shape index (κ2) is 10.1. The summed E-state index contributed by atoms with van der Waals surface area (Å²) in [5.41, 5.74) is 12.5. The molecular formula is C21H22N7O5S2+. The number of carbonyl (C=O) groups is 3. The standard InChI is InChI=1S/C21H21N7O5S2/c1-33-26-14(13-10-35-21(23)24-13)17(29)25-15-18(30)28-16(20(31)32)11(9-34-19(15)28)4-2-6-27-7-3-5-12(22)8-27/h2-5,7-8,10,15,19H,6,9,22H2,1H3,(H3-,23,24,25,29,31,32)/p+1/t15?,19-/m0/s1. The Morgan fingerprint density at radius 3 is 2.91 bits per heavy atom. The molecule has 1 fully saturated rings. The van der Waals surface area contributed by atoms with Crippen LogP contribution in [0.3, 0.4) is 0 Å². The van der Waals surface area contributed by atoms with Gasteiger partial charge in [-0.25, -0.2) is 9.78 Å². The van der Waals surface area contributed by atoms with Gasteiger partial charge in [-0.1, -0.05) is 11.2 Å². The number of β-lactam (4-membered cyclic amide) rings is 1. The van der Waals surface area contributed by atoms with Crippen LogP contribution in [-0.4, -0.2) is 62.8 Å². The molecule has 2 aromatic heterocycles. The number of carbonyl (C=O) groups excluding carboxylic acids is 2. The Kier molecular flexibility index (Phi) is 7.02. The van der Waals surface area contributed by atoms with Crippen LogP contribution in [0, 0.1) is 0 Å². The van der Waals surface area contributed by atoms with Crippen molar-refractivity contribution in [1.29, 1.82) is 0 Å². The molecule has 6 N–H and O–H groups in total. The molecule has 2 aliphatic heterocycles. The van der Waals surface area contributed by atoms with E-state index in [4.69, 9.17) is 16.3 Å². The molecule has 35 heavy (non-hydrogen) atoms. The zero-order chi connectivity index (χ0) is 25.1. The van der Waals surface area contributed by atoms with E-state index in [1.54, 1.807) is 29.8 Å². The van der Waals surface area contributed by atoms with Crippen molar-refractivity contribution in [2.45, 2.75) is 18.0 Å². The number of aliphatic carboxylic acids is 1. The summed E-state index contributed by atoms with van der Waals surface area (Å²) < 4.78 is 1.85. The highest BCUT2D eigenvalue weighted by molar-refractivity contribution is 8.00. The fourth-order valence-corrected chi connectivity index (χ4v) is 5.51. The number of rotatable bonds is 8. The maximum atomic E-state index is 12.9. The van der Waals surface area contributed by atoms with E-state index in [-0.39, 0.29) is 22.2 Å². The van der Waals surface area contributed by atoms with E-state index in [2.05, 4.69) is 15.5 Å². The lowest BCUT2D eigenvalue weighted by Crippen LogP contribution is -2.71. The van der Waals surface area contributed by atoms with Crippen LogP contribution in [0.25, 0.3) is 0 Å². The van der Waals surface area contributed by atoms with Gasteiger partial charge in [-0.2, -0.15) is 4.57 Å². The zero-order valence-corrected chi connectivity index (χ0v) is 20.1. The number of anilines is 2. The van der Waals surface area contributed by atoms with Crippen LogP contribution in [-0.2, 0) is 25.8 Å². The molecule has 12 nitrogen and oxygen atoms in total. The molecule has 2 amide bonds. The SMILES string of the molecule is CON=C(C(=O)NC1C(=O)N2C(C(=O)O)=C(C=CC[n+]3cccc(N)c3)CS[C@@H]12)c1csc(N)n1. The number of hydrogen-bond donors (Lipinski definition) is 4. The van der Waals surface area contributed by atoms with Crippen molar-refractivity contribution in [3.05, 3.63) is 59.0 Å². The molecule has 0 saturated carbocycles. The molecule has 0 spiro atoms. The van der Waals surface area contributed by atoms with E-state index in [0.29, 0.717) is 23.6 Å². The van der Waals surface area contributed by atoms with Gasteiger partial charge in [0.1, 0.15) is 29.9 Å². The minimum absolute atomic E-state index is 0.101. The molecule has 0 aliphatic carbocycles. The number of pyridine rings is 1. The lowest BCUT2D eigenvalue weighted by molar-refractivity contribution is -0.686. The van der Waals surface area contributed by atoms with Crippen molar-refractivity contribution in [3.63, 3.8) is 0 Å². The van der Waals surface area contributed by atoms with Gasteiger partial charge in [0.05, 0.1) is 5.69 Å². The van der Waals surface area contributed by atoms with Gasteiger partial charge >= 0.3 is 5.97 Å². The fraction of sp³-hybridized carbons (Fsp3) is 0.238. The van der Waals surface area contributed by atoms with E-state index >= 15 is 0 Å². The zero-order valence-electron chi connectivity index (χ0n) is 18.5. The summed E-state index contributed by atoms with van der Waals surface area (Å²) in [5, 5.41) is 17.4. The normalized spacial score (nSPS) is 20.0. The summed E-state index contributed by atoms with van der Waals surface area (Å²) in [6.45, 7) is 0.477. The molecule has 0 radical (unpaired) electrons. The Labute approximate surface area is 207 Å². The van der Waals surface area contributed by atoms with Gasteiger partial charge in [0.2, 0.25) is 0 Å². The summed E-state index contributed by atoms with van der Waals surface area (Å²) in [6, 6.07) is 2.66. The number of fused-ring (bicyclic) bond motifs is 1. The van der Waals surface area contributed by atoms with Crippen LogP contribution < -0.4 is 21.4 Å². The number of carboxylic acid groups (broad SMARTS) is 1. The number of carboxylic acids is 1. The van der Waals surface area contributed by atoms with Crippen LogP contribution in [0.4, 0.5) is 10.8 Å². The number of nitrogens with two attached hydrogens (primary N) is 2. The first-order valence-corrected chi connectivity index (χ1v) is 12.2. The predicted molar refractivity (Wildman–Crippen MR) is 130 cm³/mol. The van der Waals surface area contributed by atoms with E-state index in [0.717, 1.165) is 11.3 Å². The van der Waals surface area contributed by atoms with Crippen LogP contribution in [0.5, 0.6) is 0 Å². The van der Waals surface area contributed by atoms with Crippen LogP contribution >= 0.6 is 23.1 Å². The van der Waals surface area contributed by atoms with Crippen LogP contribution in [0.1, 0.15) is 5.69 Å². The Bertz CT molecular complexity index is 1270. The summed E-state index contributed by atoms with van der Waals surface area (Å²) in [7, 11) is 1.28. The lowest BCUT2D eigenvalue weighted by atomic mass is 10.0. The van der Waals surface area contributed by atoms with Crippen molar-refractivity contribution in [2.24, 2.45) is 5.16 Å². The number of allylic oxidation sites excluding steroid dienone is 2. The van der Waals surface area contributed by atoms with Gasteiger partial charge in [0, 0.05) is 17.2 Å². The first kappa shape index (κ1) is 24.2. The number of nitrogen functional groups attached to an aromatic ring is 2. The highest BCUT2D eigenvalue weighted by Gasteiger charge is 2.54. The number of nitrogens with zero attached hydrogens (tertiary/aromatic N) is 4. The topological polar surface area (TPSA) is 177 Å². The maximum Gasteiger partial charge on any atom is 0.352 e. The molecule has 0 aromatic carbocycles. The van der Waals surface area contributed by atoms with E-state index in [1.807, 2.05) is 16.8 Å². The summed E-state index contributed by atoms with van der Waals surface area (Å²) in [6.07, 6.45) is 7.09. The smallest absolute Gasteiger partial charge is 0.352 e. The monoisotopic (exact) mass is 516 g/mol. The van der Waals surface area contributed by atoms with Crippen molar-refractivity contribution < 1.29 is 28.9 Å². The summed E-state index contributed by atoms with van der Waals surface area (Å²) in [5.74, 6) is -2.08. The maximum absolute atomic E-state index is 12.9. The molecule has 2 aliphatic rings. The van der Waals surface area contributed by atoms with Gasteiger partial charge in [0.25, 0.3) is 11.8 Å². The molecule has 0 bridgehead atoms. The highest BCUT2D eigenvalue weighted by atomic mass is 32.2. The third-order valence-electron chi connectivity index (χ3n) is 5.17. The third-order valence-corrected chi connectivity index (χ3v) is 7.14. The van der Waals surface area contributed by atoms with E-state index in [9.17, 15) is 19.5 Å².